The molecule has 1 aliphatic rings. The van der Waals surface area contributed by atoms with Crippen LogP contribution in [0.1, 0.15) is 34.6 Å². The molecule has 1 aromatic heterocycles. The third-order valence-corrected chi connectivity index (χ3v) is 5.71. The molecule has 0 saturated carbocycles. The number of aryl methyl sites for hydroxylation is 1. The van der Waals surface area contributed by atoms with E-state index in [4.69, 9.17) is 9.47 Å². The normalized spacial score (nSPS) is 15.3. The van der Waals surface area contributed by atoms with E-state index in [2.05, 4.69) is 52.4 Å². The first-order valence-corrected chi connectivity index (χ1v) is 9.81. The maximum Gasteiger partial charge on any atom is 0.323 e. The Hall–Kier alpha value is -3.47. The number of rotatable bonds is 4. The summed E-state index contributed by atoms with van der Waals surface area (Å²) in [5, 5.41) is 0. The van der Waals surface area contributed by atoms with Gasteiger partial charge in [0, 0.05) is 17.5 Å². The first kappa shape index (κ1) is 17.6. The molecule has 5 heteroatoms. The van der Waals surface area contributed by atoms with Gasteiger partial charge in [-0.25, -0.2) is 4.79 Å². The summed E-state index contributed by atoms with van der Waals surface area (Å²) in [4.78, 5) is 17.2. The molecule has 0 radical (unpaired) electrons. The second-order valence-electron chi connectivity index (χ2n) is 7.44. The number of fused-ring (bicyclic) bond motifs is 3. The van der Waals surface area contributed by atoms with Crippen molar-refractivity contribution in [3.63, 3.8) is 0 Å². The summed E-state index contributed by atoms with van der Waals surface area (Å²) in [6, 6.07) is 20.7. The molecular weight excluding hydrogens is 364 g/mol. The summed E-state index contributed by atoms with van der Waals surface area (Å²) in [5.41, 5.74) is 6.43. The molecule has 3 aromatic carbocycles. The molecule has 2 heterocycles. The Morgan fingerprint density at radius 2 is 1.86 bits per heavy atom. The van der Waals surface area contributed by atoms with Crippen LogP contribution >= 0.6 is 0 Å². The number of methoxy groups -OCH3 is 1. The molecule has 0 amide bonds. The van der Waals surface area contributed by atoms with E-state index >= 15 is 0 Å². The van der Waals surface area contributed by atoms with Crippen molar-refractivity contribution in [3.05, 3.63) is 93.4 Å². The van der Waals surface area contributed by atoms with Gasteiger partial charge < -0.3 is 19.4 Å². The Kier molecular flexibility index (Phi) is 4.35. The molecule has 0 fully saturated rings. The van der Waals surface area contributed by atoms with E-state index in [1.165, 1.54) is 22.3 Å². The summed E-state index contributed by atoms with van der Waals surface area (Å²) < 4.78 is 11.5. The first-order valence-electron chi connectivity index (χ1n) is 9.81. The zero-order valence-corrected chi connectivity index (χ0v) is 16.2. The summed E-state index contributed by atoms with van der Waals surface area (Å²) in [6.07, 6.45) is 1.84. The van der Waals surface area contributed by atoms with E-state index in [9.17, 15) is 4.79 Å². The molecule has 5 rings (SSSR count). The highest BCUT2D eigenvalue weighted by Crippen LogP contribution is 2.41. The van der Waals surface area contributed by atoms with Crippen LogP contribution in [0.4, 0.5) is 0 Å². The molecule has 1 unspecified atom stereocenters. The molecule has 2 N–H and O–H groups in total. The van der Waals surface area contributed by atoms with Crippen molar-refractivity contribution in [2.75, 3.05) is 7.11 Å². The van der Waals surface area contributed by atoms with Crippen LogP contribution < -0.4 is 15.2 Å². The van der Waals surface area contributed by atoms with Crippen molar-refractivity contribution in [1.82, 2.24) is 9.97 Å². The Morgan fingerprint density at radius 3 is 2.76 bits per heavy atom. The van der Waals surface area contributed by atoms with Crippen molar-refractivity contribution < 1.29 is 9.47 Å². The third-order valence-electron chi connectivity index (χ3n) is 5.71. The molecule has 29 heavy (non-hydrogen) atoms. The lowest BCUT2D eigenvalue weighted by molar-refractivity contribution is 0.304. The Bertz CT molecular complexity index is 1240. The minimum absolute atomic E-state index is 0.171. The van der Waals surface area contributed by atoms with Gasteiger partial charge in [0.2, 0.25) is 0 Å². The molecule has 0 saturated heterocycles. The molecule has 0 aliphatic carbocycles. The minimum atomic E-state index is -0.171. The number of aromatic amines is 2. The van der Waals surface area contributed by atoms with E-state index in [0.717, 1.165) is 35.4 Å². The highest BCUT2D eigenvalue weighted by Gasteiger charge is 2.25. The SMILES string of the molecule is COc1ccc2c(c1)OCc1ccccc1C2CCc1ccc2[nH]c(=O)[nH]c2c1. The molecule has 1 atom stereocenters. The van der Waals surface area contributed by atoms with Crippen LogP contribution in [0.2, 0.25) is 0 Å². The minimum Gasteiger partial charge on any atom is -0.497 e. The van der Waals surface area contributed by atoms with Crippen molar-refractivity contribution in [3.8, 4) is 11.5 Å². The van der Waals surface area contributed by atoms with Gasteiger partial charge >= 0.3 is 5.69 Å². The van der Waals surface area contributed by atoms with Gasteiger partial charge in [-0.15, -0.1) is 0 Å². The maximum atomic E-state index is 11.5. The predicted molar refractivity (Wildman–Crippen MR) is 113 cm³/mol. The number of hydrogen-bond acceptors (Lipinski definition) is 3. The van der Waals surface area contributed by atoms with Crippen LogP contribution in [0.3, 0.4) is 0 Å². The zero-order valence-electron chi connectivity index (χ0n) is 16.2. The fourth-order valence-corrected chi connectivity index (χ4v) is 4.24. The zero-order chi connectivity index (χ0) is 19.8. The van der Waals surface area contributed by atoms with Crippen LogP contribution in [-0.4, -0.2) is 17.1 Å². The molecule has 0 bridgehead atoms. The van der Waals surface area contributed by atoms with Gasteiger partial charge in [0.05, 0.1) is 18.1 Å². The molecule has 5 nitrogen and oxygen atoms in total. The Morgan fingerprint density at radius 1 is 1.00 bits per heavy atom. The number of hydrogen-bond donors (Lipinski definition) is 2. The number of imidazole rings is 1. The van der Waals surface area contributed by atoms with Crippen molar-refractivity contribution >= 4 is 11.0 Å². The average Bonchev–Trinajstić information content (AvgIpc) is 3.04. The summed E-state index contributed by atoms with van der Waals surface area (Å²) >= 11 is 0. The Labute approximate surface area is 168 Å². The summed E-state index contributed by atoms with van der Waals surface area (Å²) in [5.74, 6) is 1.92. The van der Waals surface area contributed by atoms with Gasteiger partial charge in [-0.3, -0.25) is 0 Å². The van der Waals surface area contributed by atoms with Gasteiger partial charge in [-0.1, -0.05) is 36.4 Å². The summed E-state index contributed by atoms with van der Waals surface area (Å²) in [7, 11) is 1.67. The lowest BCUT2D eigenvalue weighted by atomic mass is 9.84. The van der Waals surface area contributed by atoms with Crippen molar-refractivity contribution in [1.29, 1.82) is 0 Å². The number of ether oxygens (including phenoxy) is 2. The van der Waals surface area contributed by atoms with E-state index in [1.54, 1.807) is 7.11 Å². The highest BCUT2D eigenvalue weighted by atomic mass is 16.5. The van der Waals surface area contributed by atoms with Crippen LogP contribution in [0.5, 0.6) is 11.5 Å². The third kappa shape index (κ3) is 3.29. The predicted octanol–water partition coefficient (Wildman–Crippen LogP) is 4.52. The summed E-state index contributed by atoms with van der Waals surface area (Å²) in [6.45, 7) is 0.559. The molecule has 4 aromatic rings. The second kappa shape index (κ2) is 7.17. The van der Waals surface area contributed by atoms with Crippen LogP contribution in [0.15, 0.2) is 65.5 Å². The van der Waals surface area contributed by atoms with E-state index in [0.29, 0.717) is 6.61 Å². The lowest BCUT2D eigenvalue weighted by Gasteiger charge is -2.19. The lowest BCUT2D eigenvalue weighted by Crippen LogP contribution is -2.04. The average molecular weight is 386 g/mol. The van der Waals surface area contributed by atoms with E-state index in [1.807, 2.05) is 18.2 Å². The maximum absolute atomic E-state index is 11.5. The van der Waals surface area contributed by atoms with E-state index < -0.39 is 0 Å². The topological polar surface area (TPSA) is 67.1 Å². The second-order valence-corrected chi connectivity index (χ2v) is 7.44. The molecular formula is C24H22N2O3. The molecule has 146 valence electrons. The number of aromatic nitrogens is 2. The van der Waals surface area contributed by atoms with Crippen LogP contribution in [0.25, 0.3) is 11.0 Å². The largest absolute Gasteiger partial charge is 0.497 e. The number of benzene rings is 3. The highest BCUT2D eigenvalue weighted by molar-refractivity contribution is 5.75. The number of nitrogens with one attached hydrogen (secondary N) is 2. The molecule has 1 aliphatic heterocycles. The van der Waals surface area contributed by atoms with Gasteiger partial charge in [0.15, 0.2) is 0 Å². The fourth-order valence-electron chi connectivity index (χ4n) is 4.24. The quantitative estimate of drug-likeness (QED) is 0.542. The fraction of sp³-hybridized carbons (Fsp3) is 0.208. The van der Waals surface area contributed by atoms with Gasteiger partial charge in [0.25, 0.3) is 0 Å². The van der Waals surface area contributed by atoms with Crippen molar-refractivity contribution in [2.45, 2.75) is 25.4 Å². The van der Waals surface area contributed by atoms with Gasteiger partial charge in [0.1, 0.15) is 18.1 Å². The van der Waals surface area contributed by atoms with Gasteiger partial charge in [-0.2, -0.15) is 0 Å². The number of H-pyrrole nitrogens is 2. The van der Waals surface area contributed by atoms with Crippen molar-refractivity contribution in [2.24, 2.45) is 0 Å². The monoisotopic (exact) mass is 386 g/mol. The van der Waals surface area contributed by atoms with E-state index in [-0.39, 0.29) is 11.6 Å². The van der Waals surface area contributed by atoms with Gasteiger partial charge in [-0.05, 0) is 47.7 Å². The van der Waals surface area contributed by atoms with Crippen LogP contribution in [-0.2, 0) is 13.0 Å². The standard InChI is InChI=1S/C24H22N2O3/c1-28-17-8-10-20-19(18-5-3-2-4-16(18)14-29-23(20)13-17)9-6-15-7-11-21-22(12-15)26-24(27)25-21/h2-5,7-8,10-13,19H,6,9,14H2,1H3,(H2,25,26,27). The Balaban J connectivity index is 1.51. The first-order chi connectivity index (χ1) is 14.2. The molecule has 0 spiro atoms. The smallest absolute Gasteiger partial charge is 0.323 e. The van der Waals surface area contributed by atoms with Crippen LogP contribution in [0, 0.1) is 0 Å².